The molecule has 2 aromatic carbocycles. The summed E-state index contributed by atoms with van der Waals surface area (Å²) in [7, 11) is 0. The number of alkyl halides is 3. The van der Waals surface area contributed by atoms with E-state index in [0.29, 0.717) is 16.0 Å². The van der Waals surface area contributed by atoms with Crippen molar-refractivity contribution >= 4 is 33.3 Å². The fourth-order valence-corrected chi connectivity index (χ4v) is 3.47. The molecule has 0 spiro atoms. The number of carbonyl (C=O) groups excluding carboxylic acids is 1. The lowest BCUT2D eigenvalue weighted by molar-refractivity contribution is -0.137. The van der Waals surface area contributed by atoms with Gasteiger partial charge >= 0.3 is 6.18 Å². The predicted octanol–water partition coefficient (Wildman–Crippen LogP) is 5.33. The molecule has 29 heavy (non-hydrogen) atoms. The summed E-state index contributed by atoms with van der Waals surface area (Å²) in [4.78, 5) is 25.5. The van der Waals surface area contributed by atoms with Gasteiger partial charge in [0, 0.05) is 22.5 Å². The summed E-state index contributed by atoms with van der Waals surface area (Å²) in [5.41, 5.74) is 0.848. The quantitative estimate of drug-likeness (QED) is 0.492. The zero-order chi connectivity index (χ0) is 20.6. The van der Waals surface area contributed by atoms with Crippen molar-refractivity contribution in [1.29, 1.82) is 0 Å². The van der Waals surface area contributed by atoms with Crippen molar-refractivity contribution in [2.75, 3.05) is 5.32 Å². The highest BCUT2D eigenvalue weighted by molar-refractivity contribution is 7.13. The van der Waals surface area contributed by atoms with Crippen LogP contribution in [-0.4, -0.2) is 20.9 Å². The summed E-state index contributed by atoms with van der Waals surface area (Å²) in [6.45, 7) is 1.82. The Kier molecular flexibility index (Phi) is 4.75. The second-order valence-corrected chi connectivity index (χ2v) is 7.12. The van der Waals surface area contributed by atoms with E-state index in [1.165, 1.54) is 29.7 Å². The number of aryl methyl sites for hydroxylation is 1. The molecule has 4 aromatic rings. The molecule has 146 valence electrons. The molecule has 0 radical (unpaired) electrons. The molecule has 0 fully saturated rings. The second-order valence-electron chi connectivity index (χ2n) is 6.26. The topological polar surface area (TPSA) is 67.8 Å². The zero-order valence-electron chi connectivity index (χ0n) is 15.0. The first kappa shape index (κ1) is 19.0. The van der Waals surface area contributed by atoms with E-state index < -0.39 is 17.6 Å². The summed E-state index contributed by atoms with van der Waals surface area (Å²) >= 11 is 1.30. The van der Waals surface area contributed by atoms with Gasteiger partial charge in [-0.15, -0.1) is 11.3 Å². The molecule has 2 heterocycles. The highest BCUT2D eigenvalue weighted by Crippen LogP contribution is 2.32. The molecule has 0 unspecified atom stereocenters. The van der Waals surface area contributed by atoms with Gasteiger partial charge in [-0.3, -0.25) is 10.1 Å². The summed E-state index contributed by atoms with van der Waals surface area (Å²) in [5, 5.41) is 5.59. The largest absolute Gasteiger partial charge is 0.416 e. The normalized spacial score (nSPS) is 11.6. The minimum atomic E-state index is -4.47. The highest BCUT2D eigenvalue weighted by atomic mass is 32.1. The molecular formula is C20H13F3N4OS. The maximum atomic E-state index is 13.0. The van der Waals surface area contributed by atoms with Crippen LogP contribution >= 0.6 is 11.3 Å². The minimum absolute atomic E-state index is 0.106. The predicted molar refractivity (Wildman–Crippen MR) is 105 cm³/mol. The molecule has 0 atom stereocenters. The Balaban J connectivity index is 1.76. The van der Waals surface area contributed by atoms with E-state index in [4.69, 9.17) is 0 Å². The zero-order valence-corrected chi connectivity index (χ0v) is 15.8. The molecule has 0 saturated heterocycles. The third-order valence-corrected chi connectivity index (χ3v) is 5.02. The van der Waals surface area contributed by atoms with Crippen molar-refractivity contribution in [2.24, 2.45) is 0 Å². The maximum Gasteiger partial charge on any atom is 0.416 e. The summed E-state index contributed by atoms with van der Waals surface area (Å²) in [5.74, 6) is -0.299. The SMILES string of the molecule is Cc1csc(NC(=O)c2cccc3cnc(-c4cccc(C(F)(F)F)c4)nc23)n1. The second kappa shape index (κ2) is 7.25. The number of benzene rings is 2. The number of anilines is 1. The standard InChI is InChI=1S/C20H13F3N4OS/c1-11-10-29-19(25-11)27-18(28)15-7-3-5-13-9-24-17(26-16(13)15)12-4-2-6-14(8-12)20(21,22)23/h2-10H,1H3,(H,25,27,28). The molecule has 2 aromatic heterocycles. The van der Waals surface area contributed by atoms with Gasteiger partial charge in [-0.05, 0) is 25.1 Å². The molecule has 0 saturated carbocycles. The van der Waals surface area contributed by atoms with Gasteiger partial charge in [-0.2, -0.15) is 13.2 Å². The molecular weight excluding hydrogens is 401 g/mol. The van der Waals surface area contributed by atoms with Crippen LogP contribution in [0, 0.1) is 6.92 Å². The van der Waals surface area contributed by atoms with E-state index in [-0.39, 0.29) is 17.0 Å². The monoisotopic (exact) mass is 414 g/mol. The van der Waals surface area contributed by atoms with Crippen LogP contribution in [0.15, 0.2) is 54.0 Å². The molecule has 0 aliphatic rings. The van der Waals surface area contributed by atoms with Crippen LogP contribution in [0.5, 0.6) is 0 Å². The number of rotatable bonds is 3. The molecule has 4 rings (SSSR count). The van der Waals surface area contributed by atoms with Crippen molar-refractivity contribution < 1.29 is 18.0 Å². The van der Waals surface area contributed by atoms with E-state index in [2.05, 4.69) is 20.3 Å². The van der Waals surface area contributed by atoms with E-state index in [1.54, 1.807) is 18.2 Å². The van der Waals surface area contributed by atoms with Gasteiger partial charge in [0.1, 0.15) is 0 Å². The lowest BCUT2D eigenvalue weighted by Crippen LogP contribution is -2.13. The highest BCUT2D eigenvalue weighted by Gasteiger charge is 2.30. The van der Waals surface area contributed by atoms with Gasteiger partial charge in [0.2, 0.25) is 0 Å². The average molecular weight is 414 g/mol. The van der Waals surface area contributed by atoms with Gasteiger partial charge in [-0.1, -0.05) is 24.3 Å². The summed E-state index contributed by atoms with van der Waals surface area (Å²) < 4.78 is 39.0. The van der Waals surface area contributed by atoms with Gasteiger partial charge in [0.25, 0.3) is 5.91 Å². The fraction of sp³-hybridized carbons (Fsp3) is 0.100. The summed E-state index contributed by atoms with van der Waals surface area (Å²) in [6, 6.07) is 9.79. The van der Waals surface area contributed by atoms with E-state index in [9.17, 15) is 18.0 Å². The first-order chi connectivity index (χ1) is 13.8. The summed E-state index contributed by atoms with van der Waals surface area (Å²) in [6.07, 6.45) is -2.98. The third kappa shape index (κ3) is 3.95. The number of nitrogens with one attached hydrogen (secondary N) is 1. The van der Waals surface area contributed by atoms with E-state index in [0.717, 1.165) is 17.8 Å². The van der Waals surface area contributed by atoms with Crippen molar-refractivity contribution in [3.8, 4) is 11.4 Å². The fourth-order valence-electron chi connectivity index (χ4n) is 2.79. The van der Waals surface area contributed by atoms with Crippen molar-refractivity contribution in [2.45, 2.75) is 13.1 Å². The first-order valence-electron chi connectivity index (χ1n) is 8.48. The van der Waals surface area contributed by atoms with Gasteiger partial charge in [0.15, 0.2) is 11.0 Å². The Hall–Kier alpha value is -3.33. The van der Waals surface area contributed by atoms with E-state index >= 15 is 0 Å². The number of amides is 1. The van der Waals surface area contributed by atoms with Crippen LogP contribution in [0.1, 0.15) is 21.6 Å². The Morgan fingerprint density at radius 3 is 2.62 bits per heavy atom. The van der Waals surface area contributed by atoms with Gasteiger partial charge < -0.3 is 0 Å². The number of aromatic nitrogens is 3. The minimum Gasteiger partial charge on any atom is -0.298 e. The number of hydrogen-bond acceptors (Lipinski definition) is 5. The number of carbonyl (C=O) groups is 1. The molecule has 5 nitrogen and oxygen atoms in total. The number of thiazole rings is 1. The van der Waals surface area contributed by atoms with Crippen molar-refractivity contribution in [3.05, 3.63) is 70.9 Å². The molecule has 0 aliphatic heterocycles. The molecule has 0 bridgehead atoms. The number of nitrogens with zero attached hydrogens (tertiary/aromatic N) is 3. The van der Waals surface area contributed by atoms with Crippen LogP contribution in [0.2, 0.25) is 0 Å². The lowest BCUT2D eigenvalue weighted by atomic mass is 10.1. The molecule has 9 heteroatoms. The van der Waals surface area contributed by atoms with Crippen LogP contribution in [0.25, 0.3) is 22.3 Å². The van der Waals surface area contributed by atoms with Crippen LogP contribution in [0.3, 0.4) is 0 Å². The third-order valence-electron chi connectivity index (χ3n) is 4.14. The Morgan fingerprint density at radius 1 is 1.10 bits per heavy atom. The maximum absolute atomic E-state index is 13.0. The Labute approximate surface area is 167 Å². The number of para-hydroxylation sites is 1. The van der Waals surface area contributed by atoms with Crippen molar-refractivity contribution in [3.63, 3.8) is 0 Å². The Morgan fingerprint density at radius 2 is 1.90 bits per heavy atom. The number of fused-ring (bicyclic) bond motifs is 1. The van der Waals surface area contributed by atoms with Crippen molar-refractivity contribution in [1.82, 2.24) is 15.0 Å². The lowest BCUT2D eigenvalue weighted by Gasteiger charge is -2.10. The molecule has 1 N–H and O–H groups in total. The number of hydrogen-bond donors (Lipinski definition) is 1. The smallest absolute Gasteiger partial charge is 0.298 e. The Bertz CT molecular complexity index is 1220. The van der Waals surface area contributed by atoms with Gasteiger partial charge in [-0.25, -0.2) is 15.0 Å². The number of halogens is 3. The molecule has 0 aliphatic carbocycles. The van der Waals surface area contributed by atoms with E-state index in [1.807, 2.05) is 12.3 Å². The van der Waals surface area contributed by atoms with Crippen LogP contribution in [-0.2, 0) is 6.18 Å². The van der Waals surface area contributed by atoms with Crippen LogP contribution < -0.4 is 5.32 Å². The van der Waals surface area contributed by atoms with Gasteiger partial charge in [0.05, 0.1) is 22.3 Å². The first-order valence-corrected chi connectivity index (χ1v) is 9.36. The van der Waals surface area contributed by atoms with Crippen LogP contribution in [0.4, 0.5) is 18.3 Å². The molecule has 1 amide bonds. The average Bonchev–Trinajstić information content (AvgIpc) is 3.11.